The smallest absolute Gasteiger partial charge is 0.337 e. The van der Waals surface area contributed by atoms with Crippen LogP contribution in [0.2, 0.25) is 0 Å². The van der Waals surface area contributed by atoms with E-state index in [0.717, 1.165) is 11.4 Å². The minimum atomic E-state index is -0.661. The molecule has 0 bridgehead atoms. The Kier molecular flexibility index (Phi) is 7.17. The number of rotatable bonds is 7. The zero-order chi connectivity index (χ0) is 23.1. The summed E-state index contributed by atoms with van der Waals surface area (Å²) in [6.07, 6.45) is 2.74. The molecule has 1 amide bonds. The van der Waals surface area contributed by atoms with E-state index in [4.69, 9.17) is 4.74 Å². The van der Waals surface area contributed by atoms with Gasteiger partial charge in [0.1, 0.15) is 0 Å². The lowest BCUT2D eigenvalue weighted by Crippen LogP contribution is -2.20. The second-order valence-corrected chi connectivity index (χ2v) is 6.90. The SMILES string of the molecule is COC(=O)c1ccc(/C=C/C(=O)OCC(=O)Nc2c(C)nn(-c3ccccc3)c2C)cc1. The topological polar surface area (TPSA) is 99.5 Å². The van der Waals surface area contributed by atoms with Crippen molar-refractivity contribution in [1.82, 2.24) is 9.78 Å². The van der Waals surface area contributed by atoms with Crippen molar-refractivity contribution < 1.29 is 23.9 Å². The van der Waals surface area contributed by atoms with Crippen LogP contribution in [0.25, 0.3) is 11.8 Å². The van der Waals surface area contributed by atoms with Crippen LogP contribution in [0, 0.1) is 13.8 Å². The average Bonchev–Trinajstić information content (AvgIpc) is 3.10. The van der Waals surface area contributed by atoms with Crippen molar-refractivity contribution in [2.45, 2.75) is 13.8 Å². The zero-order valence-corrected chi connectivity index (χ0v) is 18.0. The van der Waals surface area contributed by atoms with Crippen LogP contribution >= 0.6 is 0 Å². The normalized spacial score (nSPS) is 10.7. The Hall–Kier alpha value is -4.20. The zero-order valence-electron chi connectivity index (χ0n) is 18.0. The lowest BCUT2D eigenvalue weighted by Gasteiger charge is -2.07. The standard InChI is InChI=1S/C24H23N3O5/c1-16-23(17(2)27(26-16)20-7-5-4-6-8-20)25-21(28)15-32-22(29)14-11-18-9-12-19(13-10-18)24(30)31-3/h4-14H,15H2,1-3H3,(H,25,28)/b14-11+. The second kappa shape index (κ2) is 10.2. The highest BCUT2D eigenvalue weighted by molar-refractivity contribution is 5.95. The molecule has 8 heteroatoms. The third kappa shape index (κ3) is 5.48. The Bertz CT molecular complexity index is 1150. The lowest BCUT2D eigenvalue weighted by molar-refractivity contribution is -0.142. The maximum Gasteiger partial charge on any atom is 0.337 e. The highest BCUT2D eigenvalue weighted by atomic mass is 16.5. The first-order chi connectivity index (χ1) is 15.4. The number of aromatic nitrogens is 2. The second-order valence-electron chi connectivity index (χ2n) is 6.90. The maximum atomic E-state index is 12.3. The fourth-order valence-electron chi connectivity index (χ4n) is 3.02. The van der Waals surface area contributed by atoms with E-state index in [2.05, 4.69) is 15.2 Å². The number of hydrogen-bond acceptors (Lipinski definition) is 6. The van der Waals surface area contributed by atoms with Gasteiger partial charge in [0.15, 0.2) is 6.61 Å². The molecule has 0 aliphatic carbocycles. The van der Waals surface area contributed by atoms with Gasteiger partial charge in [0.05, 0.1) is 35.4 Å². The molecule has 1 N–H and O–H groups in total. The molecule has 0 saturated heterocycles. The molecule has 2 aromatic carbocycles. The molecule has 3 rings (SSSR count). The molecule has 8 nitrogen and oxygen atoms in total. The third-order valence-electron chi connectivity index (χ3n) is 4.65. The van der Waals surface area contributed by atoms with Crippen LogP contribution in [0.5, 0.6) is 0 Å². The van der Waals surface area contributed by atoms with Crippen molar-refractivity contribution in [3.63, 3.8) is 0 Å². The summed E-state index contributed by atoms with van der Waals surface area (Å²) < 4.78 is 11.4. The predicted octanol–water partition coefficient (Wildman–Crippen LogP) is 3.47. The lowest BCUT2D eigenvalue weighted by atomic mass is 10.1. The maximum absolute atomic E-state index is 12.3. The van der Waals surface area contributed by atoms with Crippen molar-refractivity contribution in [1.29, 1.82) is 0 Å². The average molecular weight is 433 g/mol. The highest BCUT2D eigenvalue weighted by Gasteiger charge is 2.16. The number of carbonyl (C=O) groups excluding carboxylic acids is 3. The molecule has 0 atom stereocenters. The van der Waals surface area contributed by atoms with Gasteiger partial charge in [-0.2, -0.15) is 5.10 Å². The van der Waals surface area contributed by atoms with Gasteiger partial charge < -0.3 is 14.8 Å². The number of aryl methyl sites for hydroxylation is 1. The van der Waals surface area contributed by atoms with Crippen LogP contribution in [-0.2, 0) is 19.1 Å². The van der Waals surface area contributed by atoms with Crippen LogP contribution in [0.4, 0.5) is 5.69 Å². The number of anilines is 1. The van der Waals surface area contributed by atoms with Gasteiger partial charge >= 0.3 is 11.9 Å². The third-order valence-corrected chi connectivity index (χ3v) is 4.65. The van der Waals surface area contributed by atoms with Gasteiger partial charge in [-0.1, -0.05) is 30.3 Å². The highest BCUT2D eigenvalue weighted by Crippen LogP contribution is 2.22. The summed E-state index contributed by atoms with van der Waals surface area (Å²) in [7, 11) is 1.31. The molecule has 0 aliphatic heterocycles. The number of methoxy groups -OCH3 is 1. The molecule has 0 aliphatic rings. The molecule has 0 spiro atoms. The summed E-state index contributed by atoms with van der Waals surface area (Å²) in [5.74, 6) is -1.57. The van der Waals surface area contributed by atoms with E-state index in [-0.39, 0.29) is 0 Å². The summed E-state index contributed by atoms with van der Waals surface area (Å²) in [4.78, 5) is 35.6. The molecule has 1 aromatic heterocycles. The molecule has 1 heterocycles. The van der Waals surface area contributed by atoms with Gasteiger partial charge in [-0.15, -0.1) is 0 Å². The van der Waals surface area contributed by atoms with Crippen molar-refractivity contribution in [3.8, 4) is 5.69 Å². The largest absolute Gasteiger partial charge is 0.465 e. The van der Waals surface area contributed by atoms with Crippen LogP contribution in [-0.4, -0.2) is 41.3 Å². The molecule has 3 aromatic rings. The van der Waals surface area contributed by atoms with Crippen molar-refractivity contribution in [2.75, 3.05) is 19.0 Å². The number of ether oxygens (including phenoxy) is 2. The minimum absolute atomic E-state index is 0.407. The summed E-state index contributed by atoms with van der Waals surface area (Å²) in [6, 6.07) is 16.1. The fraction of sp³-hybridized carbons (Fsp3) is 0.167. The van der Waals surface area contributed by atoms with Gasteiger partial charge in [0, 0.05) is 6.08 Å². The van der Waals surface area contributed by atoms with E-state index >= 15 is 0 Å². The summed E-state index contributed by atoms with van der Waals surface area (Å²) >= 11 is 0. The Morgan fingerprint density at radius 3 is 2.38 bits per heavy atom. The number of carbonyl (C=O) groups is 3. The van der Waals surface area contributed by atoms with Gasteiger partial charge in [-0.25, -0.2) is 14.3 Å². The monoisotopic (exact) mass is 433 g/mol. The van der Waals surface area contributed by atoms with Gasteiger partial charge in [0.25, 0.3) is 5.91 Å². The quantitative estimate of drug-likeness (QED) is 0.452. The molecule has 164 valence electrons. The fourth-order valence-corrected chi connectivity index (χ4v) is 3.02. The Labute approximate surface area is 185 Å². The first-order valence-corrected chi connectivity index (χ1v) is 9.83. The van der Waals surface area contributed by atoms with Crippen LogP contribution in [0.1, 0.15) is 27.3 Å². The Morgan fingerprint density at radius 1 is 1.03 bits per heavy atom. The number of hydrogen-bond donors (Lipinski definition) is 1. The van der Waals surface area contributed by atoms with E-state index in [1.165, 1.54) is 19.3 Å². The number of nitrogens with zero attached hydrogens (tertiary/aromatic N) is 2. The van der Waals surface area contributed by atoms with Crippen LogP contribution in [0.3, 0.4) is 0 Å². The van der Waals surface area contributed by atoms with Crippen molar-refractivity contribution >= 4 is 29.6 Å². The van der Waals surface area contributed by atoms with Gasteiger partial charge in [-0.3, -0.25) is 4.79 Å². The van der Waals surface area contributed by atoms with Crippen LogP contribution in [0.15, 0.2) is 60.7 Å². The molecular weight excluding hydrogens is 410 g/mol. The van der Waals surface area contributed by atoms with E-state index in [0.29, 0.717) is 22.5 Å². The first-order valence-electron chi connectivity index (χ1n) is 9.83. The summed E-state index contributed by atoms with van der Waals surface area (Å²) in [5.41, 5.74) is 3.98. The molecule has 0 unspecified atom stereocenters. The van der Waals surface area contributed by atoms with Gasteiger partial charge in [0.2, 0.25) is 0 Å². The Morgan fingerprint density at radius 2 is 1.72 bits per heavy atom. The van der Waals surface area contributed by atoms with E-state index in [1.54, 1.807) is 35.9 Å². The Balaban J connectivity index is 1.55. The predicted molar refractivity (Wildman–Crippen MR) is 119 cm³/mol. The molecule has 0 fully saturated rings. The number of amides is 1. The van der Waals surface area contributed by atoms with Crippen LogP contribution < -0.4 is 5.32 Å². The molecule has 32 heavy (non-hydrogen) atoms. The van der Waals surface area contributed by atoms with Crippen molar-refractivity contribution in [3.05, 3.63) is 83.2 Å². The number of nitrogens with one attached hydrogen (secondary N) is 1. The number of esters is 2. The number of para-hydroxylation sites is 1. The summed E-state index contributed by atoms with van der Waals surface area (Å²) in [5, 5.41) is 7.22. The minimum Gasteiger partial charge on any atom is -0.465 e. The number of benzene rings is 2. The van der Waals surface area contributed by atoms with E-state index in [9.17, 15) is 14.4 Å². The molecular formula is C24H23N3O5. The van der Waals surface area contributed by atoms with Crippen molar-refractivity contribution in [2.24, 2.45) is 0 Å². The molecule has 0 radical (unpaired) electrons. The van der Waals surface area contributed by atoms with E-state index in [1.807, 2.05) is 37.3 Å². The van der Waals surface area contributed by atoms with Gasteiger partial charge in [-0.05, 0) is 49.8 Å². The summed E-state index contributed by atoms with van der Waals surface area (Å²) in [6.45, 7) is 3.21. The first kappa shape index (κ1) is 22.5. The molecule has 0 saturated carbocycles. The van der Waals surface area contributed by atoms with E-state index < -0.39 is 24.5 Å².